The van der Waals surface area contributed by atoms with E-state index in [9.17, 15) is 14.4 Å². The van der Waals surface area contributed by atoms with Crippen LogP contribution in [0.1, 0.15) is 12.5 Å². The summed E-state index contributed by atoms with van der Waals surface area (Å²) in [5, 5.41) is 0.803. The molecule has 0 bridgehead atoms. The van der Waals surface area contributed by atoms with Crippen molar-refractivity contribution >= 4 is 27.8 Å². The van der Waals surface area contributed by atoms with Crippen LogP contribution in [0.25, 0.3) is 21.9 Å². The predicted octanol–water partition coefficient (Wildman–Crippen LogP) is 1.59. The Balaban J connectivity index is 2.28. The van der Waals surface area contributed by atoms with Crippen LogP contribution < -0.4 is 15.9 Å². The van der Waals surface area contributed by atoms with Gasteiger partial charge in [0.1, 0.15) is 5.39 Å². The van der Waals surface area contributed by atoms with E-state index in [4.69, 9.17) is 9.15 Å². The highest BCUT2D eigenvalue weighted by Gasteiger charge is 2.23. The van der Waals surface area contributed by atoms with E-state index in [0.717, 1.165) is 23.6 Å². The van der Waals surface area contributed by atoms with E-state index in [1.54, 1.807) is 10.6 Å². The van der Waals surface area contributed by atoms with E-state index in [-0.39, 0.29) is 22.3 Å². The Labute approximate surface area is 123 Å². The third-order valence-electron chi connectivity index (χ3n) is 3.88. The lowest BCUT2D eigenvalue weighted by atomic mass is 10.1. The Morgan fingerprint density at radius 1 is 1.32 bits per heavy atom. The third kappa shape index (κ3) is 1.64. The molecule has 0 unspecified atom stereocenters. The average molecular weight is 297 g/mol. The summed E-state index contributed by atoms with van der Waals surface area (Å²) in [6, 6.07) is 6.63. The fourth-order valence-corrected chi connectivity index (χ4v) is 3.08. The molecule has 0 atom stereocenters. The van der Waals surface area contributed by atoms with Crippen molar-refractivity contribution in [2.24, 2.45) is 0 Å². The molecule has 0 radical (unpaired) electrons. The summed E-state index contributed by atoms with van der Waals surface area (Å²) in [5.41, 5.74) is 1.02. The van der Waals surface area contributed by atoms with Crippen molar-refractivity contribution in [1.29, 1.82) is 0 Å². The number of aryl methyl sites for hydroxylation is 2. The fourth-order valence-electron chi connectivity index (χ4n) is 3.08. The maximum Gasteiger partial charge on any atom is 0.340 e. The van der Waals surface area contributed by atoms with Gasteiger partial charge in [0, 0.05) is 18.9 Å². The molecule has 0 aliphatic carbocycles. The molecule has 6 heteroatoms. The summed E-state index contributed by atoms with van der Waals surface area (Å²) >= 11 is 0. The first-order valence-corrected chi connectivity index (χ1v) is 6.87. The van der Waals surface area contributed by atoms with Crippen LogP contribution in [0, 0.1) is 0 Å². The molecule has 22 heavy (non-hydrogen) atoms. The van der Waals surface area contributed by atoms with Crippen molar-refractivity contribution in [2.45, 2.75) is 19.9 Å². The summed E-state index contributed by atoms with van der Waals surface area (Å²) in [5.74, 6) is -0.645. The van der Waals surface area contributed by atoms with Gasteiger partial charge in [-0.2, -0.15) is 0 Å². The number of rotatable bonds is 1. The molecule has 0 spiro atoms. The summed E-state index contributed by atoms with van der Waals surface area (Å²) in [7, 11) is 0. The molecular formula is C16H11NO5. The molecule has 1 aliphatic rings. The number of nitrogens with zero attached hydrogens (tertiary/aromatic N) is 1. The van der Waals surface area contributed by atoms with Crippen molar-refractivity contribution < 1.29 is 13.9 Å². The number of para-hydroxylation sites is 1. The molecule has 1 aliphatic heterocycles. The molecule has 110 valence electrons. The molecule has 0 saturated carbocycles. The second-order valence-electron chi connectivity index (χ2n) is 5.25. The normalized spacial score (nSPS) is 13.0. The van der Waals surface area contributed by atoms with Crippen LogP contribution in [-0.4, -0.2) is 10.5 Å². The first kappa shape index (κ1) is 12.8. The second kappa shape index (κ2) is 4.30. The lowest BCUT2D eigenvalue weighted by Gasteiger charge is -2.09. The summed E-state index contributed by atoms with van der Waals surface area (Å²) in [6.45, 7) is 1.78. The molecular weight excluding hydrogens is 286 g/mol. The largest absolute Gasteiger partial charge is 0.425 e. The number of hydrogen-bond acceptors (Lipinski definition) is 5. The molecule has 4 rings (SSSR count). The molecule has 6 nitrogen and oxygen atoms in total. The van der Waals surface area contributed by atoms with Crippen LogP contribution in [0.15, 0.2) is 38.3 Å². The smallest absolute Gasteiger partial charge is 0.340 e. The molecule has 3 aromatic rings. The van der Waals surface area contributed by atoms with Crippen molar-refractivity contribution in [3.8, 4) is 5.75 Å². The summed E-state index contributed by atoms with van der Waals surface area (Å²) in [6.07, 6.45) is 0.746. The van der Waals surface area contributed by atoms with Gasteiger partial charge < -0.3 is 13.7 Å². The zero-order valence-corrected chi connectivity index (χ0v) is 11.7. The minimum absolute atomic E-state index is 0.0493. The Hall–Kier alpha value is -2.89. The van der Waals surface area contributed by atoms with Crippen molar-refractivity contribution in [2.75, 3.05) is 0 Å². The highest BCUT2D eigenvalue weighted by Crippen LogP contribution is 2.32. The maximum atomic E-state index is 12.7. The van der Waals surface area contributed by atoms with Crippen LogP contribution >= 0.6 is 0 Å². The van der Waals surface area contributed by atoms with Crippen molar-refractivity contribution in [3.63, 3.8) is 0 Å². The van der Waals surface area contributed by atoms with Crippen LogP contribution in [-0.2, 0) is 17.8 Å². The van der Waals surface area contributed by atoms with Crippen LogP contribution in [0.2, 0.25) is 0 Å². The van der Waals surface area contributed by atoms with E-state index < -0.39 is 11.6 Å². The number of carbonyl (C=O) groups is 1. The Kier molecular flexibility index (Phi) is 2.51. The fraction of sp³-hybridized carbons (Fsp3) is 0.188. The molecule has 3 heterocycles. The number of carbonyl (C=O) groups excluding carboxylic acids is 1. The Morgan fingerprint density at radius 2 is 2.14 bits per heavy atom. The standard InChI is InChI=1S/C16H11NO5/c1-8(18)21-11-7-12(19)22-15-10-4-2-3-9-5-6-17(14(9)10)16(20)13(11)15/h2-4,7H,5-6H2,1H3. The number of pyridine rings is 1. The highest BCUT2D eigenvalue weighted by atomic mass is 16.5. The highest BCUT2D eigenvalue weighted by molar-refractivity contribution is 6.05. The number of esters is 1. The van der Waals surface area contributed by atoms with Gasteiger partial charge in [-0.25, -0.2) is 4.79 Å². The Bertz CT molecular complexity index is 1070. The molecule has 0 fully saturated rings. The van der Waals surface area contributed by atoms with E-state index in [1.807, 2.05) is 12.1 Å². The zero-order valence-electron chi connectivity index (χ0n) is 11.7. The number of ether oxygens (including phenoxy) is 1. The molecule has 0 amide bonds. The topological polar surface area (TPSA) is 78.5 Å². The number of benzene rings is 1. The molecule has 1 aromatic carbocycles. The zero-order chi connectivity index (χ0) is 15.4. The van der Waals surface area contributed by atoms with Crippen LogP contribution in [0.5, 0.6) is 5.75 Å². The van der Waals surface area contributed by atoms with Gasteiger partial charge in [0.2, 0.25) is 0 Å². The van der Waals surface area contributed by atoms with Gasteiger partial charge in [-0.3, -0.25) is 9.59 Å². The minimum Gasteiger partial charge on any atom is -0.425 e. The van der Waals surface area contributed by atoms with Gasteiger partial charge in [-0.1, -0.05) is 12.1 Å². The molecule has 2 aromatic heterocycles. The number of aromatic nitrogens is 1. The SMILES string of the molecule is CC(=O)Oc1cc(=O)oc2c1c(=O)n1c3c(cccc23)CC1. The summed E-state index contributed by atoms with van der Waals surface area (Å²) < 4.78 is 11.9. The van der Waals surface area contributed by atoms with E-state index in [2.05, 4.69) is 0 Å². The first-order valence-electron chi connectivity index (χ1n) is 6.87. The monoisotopic (exact) mass is 297 g/mol. The van der Waals surface area contributed by atoms with Crippen molar-refractivity contribution in [3.05, 3.63) is 50.6 Å². The van der Waals surface area contributed by atoms with Crippen LogP contribution in [0.4, 0.5) is 0 Å². The second-order valence-corrected chi connectivity index (χ2v) is 5.25. The van der Waals surface area contributed by atoms with Gasteiger partial charge >= 0.3 is 11.6 Å². The van der Waals surface area contributed by atoms with Gasteiger partial charge in [-0.15, -0.1) is 0 Å². The van der Waals surface area contributed by atoms with Gasteiger partial charge in [0.05, 0.1) is 11.6 Å². The minimum atomic E-state index is -0.660. The number of hydrogen-bond donors (Lipinski definition) is 0. The molecule has 0 N–H and O–H groups in total. The van der Waals surface area contributed by atoms with Gasteiger partial charge in [0.15, 0.2) is 11.3 Å². The van der Waals surface area contributed by atoms with E-state index in [0.29, 0.717) is 11.9 Å². The first-order chi connectivity index (χ1) is 10.6. The maximum absolute atomic E-state index is 12.7. The Morgan fingerprint density at radius 3 is 2.91 bits per heavy atom. The predicted molar refractivity (Wildman–Crippen MR) is 79.3 cm³/mol. The van der Waals surface area contributed by atoms with Crippen LogP contribution in [0.3, 0.4) is 0 Å². The quantitative estimate of drug-likeness (QED) is 0.503. The summed E-state index contributed by atoms with van der Waals surface area (Å²) in [4.78, 5) is 35.7. The van der Waals surface area contributed by atoms with E-state index >= 15 is 0 Å². The average Bonchev–Trinajstić information content (AvgIpc) is 2.88. The van der Waals surface area contributed by atoms with Crippen molar-refractivity contribution in [1.82, 2.24) is 4.57 Å². The van der Waals surface area contributed by atoms with Gasteiger partial charge in [0.25, 0.3) is 5.56 Å². The lowest BCUT2D eigenvalue weighted by Crippen LogP contribution is -2.20. The third-order valence-corrected chi connectivity index (χ3v) is 3.88. The molecule has 0 saturated heterocycles. The van der Waals surface area contributed by atoms with E-state index in [1.165, 1.54) is 6.92 Å². The lowest BCUT2D eigenvalue weighted by molar-refractivity contribution is -0.131. The number of fused-ring (bicyclic) bond motifs is 2. The van der Waals surface area contributed by atoms with Gasteiger partial charge in [-0.05, 0) is 18.1 Å².